The SMILES string of the molecule is CCCc1nc2c(F)c(F)ccc2[nH]1. The van der Waals surface area contributed by atoms with E-state index < -0.39 is 11.6 Å². The molecule has 0 spiro atoms. The predicted molar refractivity (Wildman–Crippen MR) is 50.0 cm³/mol. The Labute approximate surface area is 80.0 Å². The Morgan fingerprint density at radius 2 is 2.14 bits per heavy atom. The maximum Gasteiger partial charge on any atom is 0.186 e. The van der Waals surface area contributed by atoms with E-state index in [2.05, 4.69) is 9.97 Å². The lowest BCUT2D eigenvalue weighted by atomic mass is 10.3. The molecular formula is C10H10F2N2. The molecule has 2 nitrogen and oxygen atoms in total. The van der Waals surface area contributed by atoms with E-state index in [9.17, 15) is 8.78 Å². The van der Waals surface area contributed by atoms with Crippen molar-refractivity contribution in [3.8, 4) is 0 Å². The summed E-state index contributed by atoms with van der Waals surface area (Å²) in [6, 6.07) is 2.60. The van der Waals surface area contributed by atoms with Crippen LogP contribution in [0.25, 0.3) is 11.0 Å². The highest BCUT2D eigenvalue weighted by atomic mass is 19.2. The van der Waals surface area contributed by atoms with Crippen LogP contribution in [-0.2, 0) is 6.42 Å². The first-order chi connectivity index (χ1) is 6.72. The van der Waals surface area contributed by atoms with Gasteiger partial charge in [-0.2, -0.15) is 0 Å². The molecule has 0 fully saturated rings. The number of aromatic amines is 1. The summed E-state index contributed by atoms with van der Waals surface area (Å²) in [4.78, 5) is 6.94. The fourth-order valence-electron chi connectivity index (χ4n) is 1.42. The van der Waals surface area contributed by atoms with Gasteiger partial charge in [-0.15, -0.1) is 0 Å². The van der Waals surface area contributed by atoms with Crippen molar-refractivity contribution in [2.75, 3.05) is 0 Å². The Morgan fingerprint density at radius 3 is 2.86 bits per heavy atom. The predicted octanol–water partition coefficient (Wildman–Crippen LogP) is 2.79. The van der Waals surface area contributed by atoms with Crippen LogP contribution in [0.1, 0.15) is 19.2 Å². The lowest BCUT2D eigenvalue weighted by Gasteiger charge is -1.91. The Hall–Kier alpha value is -1.45. The number of nitrogens with zero attached hydrogens (tertiary/aromatic N) is 1. The number of aromatic nitrogens is 2. The first-order valence-electron chi connectivity index (χ1n) is 4.55. The topological polar surface area (TPSA) is 28.7 Å². The fourth-order valence-corrected chi connectivity index (χ4v) is 1.42. The number of nitrogens with one attached hydrogen (secondary N) is 1. The molecule has 14 heavy (non-hydrogen) atoms. The molecule has 0 aliphatic rings. The molecule has 2 rings (SSSR count). The molecule has 0 amide bonds. The van der Waals surface area contributed by atoms with Crippen molar-refractivity contribution in [2.45, 2.75) is 19.8 Å². The number of imidazole rings is 1. The van der Waals surface area contributed by atoms with Gasteiger partial charge in [0.25, 0.3) is 0 Å². The van der Waals surface area contributed by atoms with Gasteiger partial charge >= 0.3 is 0 Å². The normalized spacial score (nSPS) is 11.1. The summed E-state index contributed by atoms with van der Waals surface area (Å²) in [6.07, 6.45) is 1.67. The standard InChI is InChI=1S/C10H10F2N2/c1-2-3-8-13-7-5-4-6(11)9(12)10(7)14-8/h4-5H,2-3H2,1H3,(H,13,14). The van der Waals surface area contributed by atoms with E-state index in [1.165, 1.54) is 6.07 Å². The smallest absolute Gasteiger partial charge is 0.186 e. The monoisotopic (exact) mass is 196 g/mol. The van der Waals surface area contributed by atoms with E-state index in [0.29, 0.717) is 11.3 Å². The van der Waals surface area contributed by atoms with E-state index >= 15 is 0 Å². The zero-order valence-corrected chi connectivity index (χ0v) is 7.77. The summed E-state index contributed by atoms with van der Waals surface area (Å²) in [6.45, 7) is 2.00. The number of rotatable bonds is 2. The van der Waals surface area contributed by atoms with Crippen molar-refractivity contribution in [3.05, 3.63) is 29.6 Å². The van der Waals surface area contributed by atoms with E-state index in [1.54, 1.807) is 0 Å². The van der Waals surface area contributed by atoms with E-state index in [1.807, 2.05) is 6.92 Å². The fraction of sp³-hybridized carbons (Fsp3) is 0.300. The summed E-state index contributed by atoms with van der Waals surface area (Å²) in [5, 5.41) is 0. The molecule has 0 unspecified atom stereocenters. The number of aryl methyl sites for hydroxylation is 1. The molecule has 1 N–H and O–H groups in total. The Morgan fingerprint density at radius 1 is 1.36 bits per heavy atom. The summed E-state index contributed by atoms with van der Waals surface area (Å²) < 4.78 is 26.0. The summed E-state index contributed by atoms with van der Waals surface area (Å²) in [7, 11) is 0. The van der Waals surface area contributed by atoms with Crippen LogP contribution >= 0.6 is 0 Å². The largest absolute Gasteiger partial charge is 0.342 e. The van der Waals surface area contributed by atoms with Gasteiger partial charge in [-0.1, -0.05) is 6.92 Å². The van der Waals surface area contributed by atoms with Gasteiger partial charge < -0.3 is 4.98 Å². The molecule has 1 heterocycles. The molecule has 2 aromatic rings. The highest BCUT2D eigenvalue weighted by Crippen LogP contribution is 2.18. The van der Waals surface area contributed by atoms with Crippen molar-refractivity contribution in [1.29, 1.82) is 0 Å². The van der Waals surface area contributed by atoms with Gasteiger partial charge in [-0.3, -0.25) is 0 Å². The zero-order valence-electron chi connectivity index (χ0n) is 7.77. The van der Waals surface area contributed by atoms with Crippen molar-refractivity contribution in [1.82, 2.24) is 9.97 Å². The third kappa shape index (κ3) is 1.36. The number of benzene rings is 1. The molecule has 4 heteroatoms. The highest BCUT2D eigenvalue weighted by molar-refractivity contribution is 5.75. The second-order valence-electron chi connectivity index (χ2n) is 3.19. The van der Waals surface area contributed by atoms with Gasteiger partial charge in [0.05, 0.1) is 5.52 Å². The summed E-state index contributed by atoms with van der Waals surface area (Å²) in [5.74, 6) is -1.03. The molecule has 0 atom stereocenters. The molecule has 0 aliphatic heterocycles. The molecule has 0 bridgehead atoms. The summed E-state index contributed by atoms with van der Waals surface area (Å²) >= 11 is 0. The van der Waals surface area contributed by atoms with Crippen LogP contribution in [-0.4, -0.2) is 9.97 Å². The van der Waals surface area contributed by atoms with Crippen molar-refractivity contribution in [3.63, 3.8) is 0 Å². The van der Waals surface area contributed by atoms with Crippen LogP contribution in [0.4, 0.5) is 8.78 Å². The zero-order chi connectivity index (χ0) is 10.1. The quantitative estimate of drug-likeness (QED) is 0.786. The van der Waals surface area contributed by atoms with E-state index in [0.717, 1.165) is 18.9 Å². The van der Waals surface area contributed by atoms with E-state index in [-0.39, 0.29) is 5.52 Å². The van der Waals surface area contributed by atoms with Gasteiger partial charge in [0.2, 0.25) is 0 Å². The average Bonchev–Trinajstić information content (AvgIpc) is 2.56. The number of hydrogen-bond donors (Lipinski definition) is 1. The van der Waals surface area contributed by atoms with Crippen LogP contribution in [0.3, 0.4) is 0 Å². The van der Waals surface area contributed by atoms with Gasteiger partial charge in [0.15, 0.2) is 11.6 Å². The Bertz CT molecular complexity index is 462. The van der Waals surface area contributed by atoms with Gasteiger partial charge in [0, 0.05) is 6.42 Å². The van der Waals surface area contributed by atoms with Gasteiger partial charge in [-0.25, -0.2) is 13.8 Å². The molecule has 0 saturated heterocycles. The van der Waals surface area contributed by atoms with Gasteiger partial charge in [0.1, 0.15) is 11.3 Å². The minimum Gasteiger partial charge on any atom is -0.342 e. The second-order valence-corrected chi connectivity index (χ2v) is 3.19. The molecular weight excluding hydrogens is 186 g/mol. The van der Waals surface area contributed by atoms with Crippen molar-refractivity contribution < 1.29 is 8.78 Å². The number of fused-ring (bicyclic) bond motifs is 1. The summed E-state index contributed by atoms with van der Waals surface area (Å²) in [5.41, 5.74) is 0.640. The Kier molecular flexibility index (Phi) is 2.19. The minimum absolute atomic E-state index is 0.0912. The number of H-pyrrole nitrogens is 1. The number of halogens is 2. The third-order valence-electron chi connectivity index (χ3n) is 2.08. The molecule has 1 aromatic carbocycles. The van der Waals surface area contributed by atoms with Crippen LogP contribution in [0, 0.1) is 11.6 Å². The van der Waals surface area contributed by atoms with Crippen molar-refractivity contribution in [2.24, 2.45) is 0 Å². The average molecular weight is 196 g/mol. The van der Waals surface area contributed by atoms with Crippen LogP contribution in [0.5, 0.6) is 0 Å². The van der Waals surface area contributed by atoms with Crippen LogP contribution in [0.2, 0.25) is 0 Å². The second kappa shape index (κ2) is 3.36. The maximum absolute atomic E-state index is 13.2. The molecule has 74 valence electrons. The van der Waals surface area contributed by atoms with Crippen molar-refractivity contribution >= 4 is 11.0 Å². The highest BCUT2D eigenvalue weighted by Gasteiger charge is 2.10. The molecule has 0 saturated carbocycles. The van der Waals surface area contributed by atoms with Gasteiger partial charge in [-0.05, 0) is 18.6 Å². The first kappa shape index (κ1) is 9.12. The van der Waals surface area contributed by atoms with E-state index in [4.69, 9.17) is 0 Å². The van der Waals surface area contributed by atoms with Crippen LogP contribution < -0.4 is 0 Å². The Balaban J connectivity index is 2.59. The maximum atomic E-state index is 13.2. The minimum atomic E-state index is -0.874. The number of hydrogen-bond acceptors (Lipinski definition) is 1. The third-order valence-corrected chi connectivity index (χ3v) is 2.08. The molecule has 0 aliphatic carbocycles. The first-order valence-corrected chi connectivity index (χ1v) is 4.55. The lowest BCUT2D eigenvalue weighted by Crippen LogP contribution is -1.85. The van der Waals surface area contributed by atoms with Crippen LogP contribution in [0.15, 0.2) is 12.1 Å². The lowest BCUT2D eigenvalue weighted by molar-refractivity contribution is 0.515. The molecule has 1 aromatic heterocycles. The molecule has 0 radical (unpaired) electrons.